The van der Waals surface area contributed by atoms with Crippen LogP contribution in [0.25, 0.3) is 0 Å². The Labute approximate surface area is 188 Å². The number of ether oxygens (including phenoxy) is 2. The molecule has 0 amide bonds. The minimum Gasteiger partial charge on any atom is -0.808 e. The van der Waals surface area contributed by atoms with E-state index in [0.29, 0.717) is 12.1 Å². The van der Waals surface area contributed by atoms with Crippen molar-refractivity contribution in [3.05, 3.63) is 57.1 Å². The number of nitrogens with zero attached hydrogens (tertiary/aromatic N) is 3. The van der Waals surface area contributed by atoms with Crippen molar-refractivity contribution in [2.45, 2.75) is 24.4 Å². The van der Waals surface area contributed by atoms with E-state index in [1.54, 1.807) is 0 Å². The fraction of sp³-hybridized carbons (Fsp3) is 0.222. The summed E-state index contributed by atoms with van der Waals surface area (Å²) < 4.78 is 60.5. The molecule has 0 heterocycles. The predicted octanol–water partition coefficient (Wildman–Crippen LogP) is 3.88. The highest BCUT2D eigenvalue weighted by molar-refractivity contribution is 7.50. The maximum Gasteiger partial charge on any atom is 0.416 e. The smallest absolute Gasteiger partial charge is 0.416 e. The van der Waals surface area contributed by atoms with Crippen LogP contribution in [0.1, 0.15) is 18.4 Å². The van der Waals surface area contributed by atoms with Crippen LogP contribution in [-0.2, 0) is 10.7 Å². The molecule has 10 nitrogen and oxygen atoms in total. The number of nitro benzene ring substituents is 1. The summed E-state index contributed by atoms with van der Waals surface area (Å²) >= 11 is 5.80. The van der Waals surface area contributed by atoms with Crippen molar-refractivity contribution in [1.82, 2.24) is 0 Å². The zero-order valence-electron chi connectivity index (χ0n) is 16.0. The van der Waals surface area contributed by atoms with Crippen LogP contribution in [-0.4, -0.2) is 10.3 Å². The number of nitro groups is 1. The second-order valence-electron chi connectivity index (χ2n) is 6.35. The van der Waals surface area contributed by atoms with Crippen molar-refractivity contribution in [3.63, 3.8) is 0 Å². The number of hydrogen-bond acceptors (Lipinski definition) is 9. The lowest BCUT2D eigenvalue weighted by atomic mass is 10.2. The molecule has 0 atom stereocenters. The lowest BCUT2D eigenvalue weighted by molar-refractivity contribution is -0.386. The van der Waals surface area contributed by atoms with E-state index in [1.807, 2.05) is 0 Å². The van der Waals surface area contributed by atoms with Gasteiger partial charge in [-0.2, -0.15) is 23.7 Å². The van der Waals surface area contributed by atoms with E-state index in [4.69, 9.17) is 31.6 Å². The van der Waals surface area contributed by atoms with Gasteiger partial charge in [-0.3, -0.25) is 10.1 Å². The molecule has 174 valence electrons. The van der Waals surface area contributed by atoms with Crippen molar-refractivity contribution >= 4 is 24.9 Å². The second-order valence-corrected chi connectivity index (χ2v) is 8.56. The van der Waals surface area contributed by atoms with E-state index >= 15 is 0 Å². The first-order valence-corrected chi connectivity index (χ1v) is 10.4. The van der Waals surface area contributed by atoms with Crippen molar-refractivity contribution in [1.29, 1.82) is 10.5 Å². The topological polar surface area (TPSA) is 172 Å². The van der Waals surface area contributed by atoms with Crippen LogP contribution < -0.4 is 19.3 Å². The number of benzene rings is 2. The number of rotatable bonds is 8. The summed E-state index contributed by atoms with van der Waals surface area (Å²) in [5, 5.41) is 25.8. The lowest BCUT2D eigenvalue weighted by Crippen LogP contribution is -2.44. The maximum atomic E-state index is 12.8. The van der Waals surface area contributed by atoms with Crippen LogP contribution in [0.3, 0.4) is 0 Å². The monoisotopic (exact) mass is 503 g/mol. The third-order valence-corrected chi connectivity index (χ3v) is 5.83. The number of nitriles is 2. The van der Waals surface area contributed by atoms with Gasteiger partial charge in [0, 0.05) is 12.1 Å². The van der Waals surface area contributed by atoms with Crippen molar-refractivity contribution < 1.29 is 41.9 Å². The fourth-order valence-corrected chi connectivity index (χ4v) is 3.47. The molecule has 0 aliphatic rings. The van der Waals surface area contributed by atoms with Gasteiger partial charge in [-0.05, 0) is 31.9 Å². The van der Waals surface area contributed by atoms with E-state index in [2.05, 4.69) is 0 Å². The first kappa shape index (κ1) is 25.9. The molecule has 0 aliphatic carbocycles. The Morgan fingerprint density at radius 2 is 1.67 bits per heavy atom. The summed E-state index contributed by atoms with van der Waals surface area (Å²) in [6.07, 6.45) is -6.90. The second kappa shape index (κ2) is 9.65. The molecule has 2 aromatic carbocycles. The highest BCUT2D eigenvalue weighted by Gasteiger charge is 2.39. The molecule has 0 spiro atoms. The Kier molecular flexibility index (Phi) is 7.57. The van der Waals surface area contributed by atoms with E-state index in [-0.39, 0.29) is 11.5 Å². The van der Waals surface area contributed by atoms with Gasteiger partial charge < -0.3 is 23.8 Å². The summed E-state index contributed by atoms with van der Waals surface area (Å²) in [6, 6.07) is 7.48. The number of hydrogen-bond donors (Lipinski definition) is 0. The Morgan fingerprint density at radius 3 is 2.12 bits per heavy atom. The molecule has 0 radical (unpaired) electrons. The zero-order chi connectivity index (χ0) is 25.0. The molecule has 0 unspecified atom stereocenters. The SMILES string of the molecule is N#CCC(CC#N)(Oc1cc(Oc2ccc(C(F)(F)F)cc2Cl)ccc1[N+](=O)[O-])P(=O)([O-])[O-]. The van der Waals surface area contributed by atoms with Gasteiger partial charge in [-0.1, -0.05) is 11.6 Å². The Hall–Kier alpha value is -3.35. The van der Waals surface area contributed by atoms with Crippen molar-refractivity contribution in [3.8, 4) is 29.4 Å². The molecule has 2 rings (SSSR count). The van der Waals surface area contributed by atoms with E-state index in [0.717, 1.165) is 24.3 Å². The van der Waals surface area contributed by atoms with Crippen LogP contribution in [0.4, 0.5) is 18.9 Å². The highest BCUT2D eigenvalue weighted by atomic mass is 35.5. The van der Waals surface area contributed by atoms with Gasteiger partial charge in [-0.15, -0.1) is 0 Å². The minimum absolute atomic E-state index is 0.289. The quantitative estimate of drug-likeness (QED) is 0.294. The third-order valence-electron chi connectivity index (χ3n) is 4.12. The van der Waals surface area contributed by atoms with Crippen LogP contribution in [0.15, 0.2) is 36.4 Å². The fourth-order valence-electron chi connectivity index (χ4n) is 2.51. The van der Waals surface area contributed by atoms with Crippen LogP contribution in [0.2, 0.25) is 5.02 Å². The molecule has 0 saturated heterocycles. The summed E-state index contributed by atoms with van der Waals surface area (Å²) in [6.45, 7) is 0. The highest BCUT2D eigenvalue weighted by Crippen LogP contribution is 2.50. The molecule has 0 fully saturated rings. The minimum atomic E-state index is -5.82. The molecule has 0 N–H and O–H groups in total. The molecule has 15 heteroatoms. The lowest BCUT2D eigenvalue weighted by Gasteiger charge is -2.46. The van der Waals surface area contributed by atoms with Gasteiger partial charge in [0.2, 0.25) is 5.75 Å². The molecule has 0 bridgehead atoms. The Bertz CT molecular complexity index is 1190. The third kappa shape index (κ3) is 5.92. The van der Waals surface area contributed by atoms with Crippen molar-refractivity contribution in [2.75, 3.05) is 0 Å². The van der Waals surface area contributed by atoms with Crippen molar-refractivity contribution in [2.24, 2.45) is 0 Å². The Morgan fingerprint density at radius 1 is 1.06 bits per heavy atom. The average Bonchev–Trinajstić information content (AvgIpc) is 2.68. The number of alkyl halides is 3. The van der Waals surface area contributed by atoms with Gasteiger partial charge in [0.05, 0.1) is 40.5 Å². The van der Waals surface area contributed by atoms with Gasteiger partial charge in [-0.25, -0.2) is 0 Å². The molecular formula is C18H10ClF3N3O7P-2. The number of halogens is 4. The van der Waals surface area contributed by atoms with Gasteiger partial charge in [0.15, 0.2) is 5.34 Å². The first-order valence-electron chi connectivity index (χ1n) is 8.52. The standard InChI is InChI=1S/C18H12ClF3N3O7P/c19-13-9-11(18(20,21)22)1-4-15(13)31-12-2-3-14(25(26)27)16(10-12)32-17(5-7-23,6-8-24)33(28,29)30/h1-4,9-10H,5-6H2,(H2,28,29,30)/p-2. The molecule has 0 aliphatic heterocycles. The largest absolute Gasteiger partial charge is 0.808 e. The average molecular weight is 504 g/mol. The van der Waals surface area contributed by atoms with Gasteiger partial charge in [0.25, 0.3) is 0 Å². The summed E-state index contributed by atoms with van der Waals surface area (Å²) in [5.74, 6) is -1.42. The molecule has 2 aromatic rings. The van der Waals surface area contributed by atoms with Crippen LogP contribution in [0, 0.1) is 32.8 Å². The molecular weight excluding hydrogens is 494 g/mol. The predicted molar refractivity (Wildman–Crippen MR) is 101 cm³/mol. The van der Waals surface area contributed by atoms with E-state index in [9.17, 15) is 37.6 Å². The van der Waals surface area contributed by atoms with E-state index < -0.39 is 58.9 Å². The summed E-state index contributed by atoms with van der Waals surface area (Å²) in [7, 11) is -5.82. The molecule has 0 aromatic heterocycles. The molecule has 0 saturated carbocycles. The summed E-state index contributed by atoms with van der Waals surface area (Å²) in [5.41, 5.74) is -1.90. The normalized spacial score (nSPS) is 11.9. The first-order chi connectivity index (χ1) is 15.2. The van der Waals surface area contributed by atoms with Crippen LogP contribution >= 0.6 is 19.2 Å². The summed E-state index contributed by atoms with van der Waals surface area (Å²) in [4.78, 5) is 33.9. The van der Waals surface area contributed by atoms with E-state index in [1.165, 1.54) is 12.1 Å². The Balaban J connectivity index is 2.53. The zero-order valence-corrected chi connectivity index (χ0v) is 17.7. The maximum absolute atomic E-state index is 12.8. The van der Waals surface area contributed by atoms with Gasteiger partial charge >= 0.3 is 11.9 Å². The molecule has 33 heavy (non-hydrogen) atoms. The van der Waals surface area contributed by atoms with Gasteiger partial charge in [0.1, 0.15) is 11.5 Å². The van der Waals surface area contributed by atoms with Crippen LogP contribution in [0.5, 0.6) is 17.2 Å².